The fourth-order valence-corrected chi connectivity index (χ4v) is 2.65. The van der Waals surface area contributed by atoms with Crippen LogP contribution in [0, 0.1) is 5.92 Å². The van der Waals surface area contributed by atoms with Gasteiger partial charge in [-0.2, -0.15) is 0 Å². The minimum absolute atomic E-state index is 0.00194. The first-order valence-electron chi connectivity index (χ1n) is 6.65. The fraction of sp³-hybridized carbons (Fsp3) is 0.846. The Bertz CT molecular complexity index is 363. The van der Waals surface area contributed by atoms with Gasteiger partial charge in [0.2, 0.25) is 11.8 Å². The van der Waals surface area contributed by atoms with E-state index in [4.69, 9.17) is 5.73 Å². The van der Waals surface area contributed by atoms with Gasteiger partial charge in [-0.1, -0.05) is 0 Å². The second-order valence-corrected chi connectivity index (χ2v) is 6.04. The molecule has 0 aromatic carbocycles. The molecule has 0 aromatic rings. The molecule has 2 amide bonds. The summed E-state index contributed by atoms with van der Waals surface area (Å²) >= 11 is 0. The van der Waals surface area contributed by atoms with Crippen LogP contribution in [0.25, 0.3) is 0 Å². The molecule has 2 fully saturated rings. The molecule has 5 nitrogen and oxygen atoms in total. The van der Waals surface area contributed by atoms with Gasteiger partial charge in [0.15, 0.2) is 0 Å². The Labute approximate surface area is 108 Å². The van der Waals surface area contributed by atoms with Crippen molar-refractivity contribution in [3.8, 4) is 0 Å². The molecule has 0 radical (unpaired) electrons. The van der Waals surface area contributed by atoms with Gasteiger partial charge in [-0.25, -0.2) is 0 Å². The van der Waals surface area contributed by atoms with Gasteiger partial charge >= 0.3 is 0 Å². The zero-order valence-corrected chi connectivity index (χ0v) is 11.5. The van der Waals surface area contributed by atoms with Crippen molar-refractivity contribution >= 4 is 11.8 Å². The highest BCUT2D eigenvalue weighted by atomic mass is 16.2. The highest BCUT2D eigenvalue weighted by Gasteiger charge is 2.43. The molecule has 0 aromatic heterocycles. The second kappa shape index (κ2) is 4.53. The van der Waals surface area contributed by atoms with Gasteiger partial charge in [-0.05, 0) is 32.6 Å². The van der Waals surface area contributed by atoms with Crippen LogP contribution in [0.1, 0.15) is 33.1 Å². The van der Waals surface area contributed by atoms with Crippen LogP contribution in [0.5, 0.6) is 0 Å². The third-order valence-electron chi connectivity index (χ3n) is 4.14. The van der Waals surface area contributed by atoms with Crippen molar-refractivity contribution in [3.05, 3.63) is 0 Å². The van der Waals surface area contributed by atoms with Crippen LogP contribution in [0.4, 0.5) is 0 Å². The molecule has 2 aliphatic rings. The zero-order chi connectivity index (χ0) is 13.5. The van der Waals surface area contributed by atoms with Crippen LogP contribution < -0.4 is 5.73 Å². The smallest absolute Gasteiger partial charge is 0.247 e. The van der Waals surface area contributed by atoms with Crippen molar-refractivity contribution in [2.75, 3.05) is 20.1 Å². The van der Waals surface area contributed by atoms with Crippen molar-refractivity contribution in [2.45, 2.75) is 44.7 Å². The van der Waals surface area contributed by atoms with Crippen molar-refractivity contribution in [3.63, 3.8) is 0 Å². The number of rotatable bonds is 3. The molecule has 2 rings (SSSR count). The molecule has 0 spiro atoms. The van der Waals surface area contributed by atoms with Gasteiger partial charge < -0.3 is 15.5 Å². The quantitative estimate of drug-likeness (QED) is 0.781. The minimum Gasteiger partial charge on any atom is -0.342 e. The van der Waals surface area contributed by atoms with Gasteiger partial charge in [-0.15, -0.1) is 0 Å². The molecule has 1 saturated carbocycles. The molecular weight excluding hydrogens is 230 g/mol. The molecule has 102 valence electrons. The molecule has 1 heterocycles. The molecule has 1 atom stereocenters. The number of hydrogen-bond acceptors (Lipinski definition) is 3. The normalized spacial score (nSPS) is 25.2. The largest absolute Gasteiger partial charge is 0.342 e. The topological polar surface area (TPSA) is 66.6 Å². The molecule has 18 heavy (non-hydrogen) atoms. The van der Waals surface area contributed by atoms with Gasteiger partial charge in [0.1, 0.15) is 5.54 Å². The molecule has 2 N–H and O–H groups in total. The molecule has 1 aliphatic carbocycles. The van der Waals surface area contributed by atoms with E-state index in [1.54, 1.807) is 16.8 Å². The van der Waals surface area contributed by atoms with Crippen LogP contribution >= 0.6 is 0 Å². The minimum atomic E-state index is -0.743. The van der Waals surface area contributed by atoms with Crippen molar-refractivity contribution < 1.29 is 9.59 Å². The summed E-state index contributed by atoms with van der Waals surface area (Å²) < 4.78 is 0. The lowest BCUT2D eigenvalue weighted by atomic mass is 9.96. The maximum atomic E-state index is 12.3. The highest BCUT2D eigenvalue weighted by Crippen LogP contribution is 2.33. The molecule has 0 bridgehead atoms. The van der Waals surface area contributed by atoms with Gasteiger partial charge in [0.05, 0.1) is 0 Å². The lowest BCUT2D eigenvalue weighted by molar-refractivity contribution is -0.157. The van der Waals surface area contributed by atoms with E-state index >= 15 is 0 Å². The fourth-order valence-electron chi connectivity index (χ4n) is 2.65. The predicted octanol–water partition coefficient (Wildman–Crippen LogP) is 0.193. The number of carbonyl (C=O) groups is 2. The number of amides is 2. The Hall–Kier alpha value is -1.10. The molecule has 1 saturated heterocycles. The van der Waals surface area contributed by atoms with E-state index in [-0.39, 0.29) is 17.9 Å². The van der Waals surface area contributed by atoms with E-state index in [1.807, 2.05) is 13.8 Å². The first-order chi connectivity index (χ1) is 8.34. The molecule has 5 heteroatoms. The lowest BCUT2D eigenvalue weighted by Crippen LogP contribution is -2.64. The number of piperazine rings is 1. The SMILES string of the molecule is CN1CCN(C(=O)CC(N)C2CC2)C(C)(C)C1=O. The van der Waals surface area contributed by atoms with Crippen molar-refractivity contribution in [1.82, 2.24) is 9.80 Å². The van der Waals surface area contributed by atoms with E-state index < -0.39 is 5.54 Å². The summed E-state index contributed by atoms with van der Waals surface area (Å²) in [6.07, 6.45) is 2.64. The molecular formula is C13H23N3O2. The Morgan fingerprint density at radius 2 is 2.06 bits per heavy atom. The summed E-state index contributed by atoms with van der Waals surface area (Å²) in [4.78, 5) is 27.8. The number of likely N-dealkylation sites (N-methyl/N-ethyl adjacent to an activating group) is 1. The van der Waals surface area contributed by atoms with E-state index in [1.165, 1.54) is 0 Å². The molecule has 1 aliphatic heterocycles. The van der Waals surface area contributed by atoms with E-state index in [2.05, 4.69) is 0 Å². The highest BCUT2D eigenvalue weighted by molar-refractivity contribution is 5.91. The summed E-state index contributed by atoms with van der Waals surface area (Å²) in [7, 11) is 1.78. The first-order valence-corrected chi connectivity index (χ1v) is 6.65. The zero-order valence-electron chi connectivity index (χ0n) is 11.5. The maximum absolute atomic E-state index is 12.3. The van der Waals surface area contributed by atoms with Gasteiger partial charge in [0.25, 0.3) is 0 Å². The third-order valence-corrected chi connectivity index (χ3v) is 4.14. The van der Waals surface area contributed by atoms with Crippen LogP contribution in [0.2, 0.25) is 0 Å². The van der Waals surface area contributed by atoms with Crippen LogP contribution in [-0.4, -0.2) is 53.3 Å². The number of carbonyl (C=O) groups excluding carboxylic acids is 2. The Morgan fingerprint density at radius 1 is 1.44 bits per heavy atom. The average molecular weight is 253 g/mol. The number of hydrogen-bond donors (Lipinski definition) is 1. The summed E-state index contributed by atoms with van der Waals surface area (Å²) in [6.45, 7) is 4.83. The van der Waals surface area contributed by atoms with Crippen molar-refractivity contribution in [2.24, 2.45) is 11.7 Å². The number of nitrogens with two attached hydrogens (primary N) is 1. The van der Waals surface area contributed by atoms with Crippen molar-refractivity contribution in [1.29, 1.82) is 0 Å². The Balaban J connectivity index is 2.02. The summed E-state index contributed by atoms with van der Waals surface area (Å²) in [5.74, 6) is 0.531. The third kappa shape index (κ3) is 2.36. The molecule has 1 unspecified atom stereocenters. The van der Waals surface area contributed by atoms with Gasteiger partial charge in [-0.3, -0.25) is 9.59 Å². The lowest BCUT2D eigenvalue weighted by Gasteiger charge is -2.45. The Morgan fingerprint density at radius 3 is 2.61 bits per heavy atom. The summed E-state index contributed by atoms with van der Waals surface area (Å²) in [5.41, 5.74) is 5.25. The first kappa shape index (κ1) is 13.3. The van der Waals surface area contributed by atoms with Crippen LogP contribution in [0.15, 0.2) is 0 Å². The average Bonchev–Trinajstić information content (AvgIpc) is 3.09. The second-order valence-electron chi connectivity index (χ2n) is 6.04. The maximum Gasteiger partial charge on any atom is 0.247 e. The van der Waals surface area contributed by atoms with Crippen LogP contribution in [0.3, 0.4) is 0 Å². The number of nitrogens with zero attached hydrogens (tertiary/aromatic N) is 2. The summed E-state index contributed by atoms with van der Waals surface area (Å²) in [6, 6.07) is -0.0388. The standard InChI is InChI=1S/C13H23N3O2/c1-13(2)12(18)15(3)6-7-16(13)11(17)8-10(14)9-4-5-9/h9-10H,4-8,14H2,1-3H3. The summed E-state index contributed by atoms with van der Waals surface area (Å²) in [5, 5.41) is 0. The van der Waals surface area contributed by atoms with Crippen LogP contribution in [-0.2, 0) is 9.59 Å². The van der Waals surface area contributed by atoms with E-state index in [0.717, 1.165) is 12.8 Å². The predicted molar refractivity (Wildman–Crippen MR) is 68.7 cm³/mol. The van der Waals surface area contributed by atoms with Gasteiger partial charge in [0, 0.05) is 32.6 Å². The van der Waals surface area contributed by atoms with E-state index in [9.17, 15) is 9.59 Å². The van der Waals surface area contributed by atoms with E-state index in [0.29, 0.717) is 25.4 Å². The Kier molecular flexibility index (Phi) is 3.36. The monoisotopic (exact) mass is 253 g/mol.